The van der Waals surface area contributed by atoms with Crippen LogP contribution in [0, 0.1) is 5.82 Å². The van der Waals surface area contributed by atoms with Crippen LogP contribution < -0.4 is 4.72 Å². The quantitative estimate of drug-likeness (QED) is 0.883. The van der Waals surface area contributed by atoms with Crippen LogP contribution >= 0.6 is 0 Å². The molecule has 0 amide bonds. The minimum absolute atomic E-state index is 0.133. The fourth-order valence-electron chi connectivity index (χ4n) is 1.70. The largest absolute Gasteiger partial charge is 0.598 e. The average Bonchev–Trinajstić information content (AvgIpc) is 2.88. The number of halogens is 1. The van der Waals surface area contributed by atoms with Crippen molar-refractivity contribution in [1.29, 1.82) is 0 Å². The third kappa shape index (κ3) is 4.06. The molecule has 0 bridgehead atoms. The molecular weight excluding hydrogens is 289 g/mol. The van der Waals surface area contributed by atoms with Crippen molar-refractivity contribution in [2.45, 2.75) is 38.5 Å². The predicted octanol–water partition coefficient (Wildman–Crippen LogP) is 3.12. The van der Waals surface area contributed by atoms with E-state index in [1.54, 1.807) is 23.0 Å². The summed E-state index contributed by atoms with van der Waals surface area (Å²) in [6.45, 7) is 7.67. The van der Waals surface area contributed by atoms with Crippen LogP contribution in [0.25, 0.3) is 5.69 Å². The summed E-state index contributed by atoms with van der Waals surface area (Å²) in [5.74, 6) is -0.276. The molecule has 0 saturated carbocycles. The summed E-state index contributed by atoms with van der Waals surface area (Å²) in [6, 6.07) is 7.85. The van der Waals surface area contributed by atoms with Gasteiger partial charge in [-0.05, 0) is 58.0 Å². The second kappa shape index (κ2) is 6.17. The highest BCUT2D eigenvalue weighted by molar-refractivity contribution is 7.90. The molecule has 6 heteroatoms. The zero-order valence-corrected chi connectivity index (χ0v) is 13.4. The van der Waals surface area contributed by atoms with Gasteiger partial charge >= 0.3 is 0 Å². The van der Waals surface area contributed by atoms with Crippen LogP contribution in [-0.4, -0.2) is 19.1 Å². The van der Waals surface area contributed by atoms with E-state index < -0.39 is 11.4 Å². The van der Waals surface area contributed by atoms with E-state index in [4.69, 9.17) is 0 Å². The van der Waals surface area contributed by atoms with Crippen LogP contribution in [0.5, 0.6) is 0 Å². The van der Waals surface area contributed by atoms with Crippen LogP contribution in [0.4, 0.5) is 4.39 Å². The highest BCUT2D eigenvalue weighted by atomic mass is 32.2. The Kier molecular flexibility index (Phi) is 4.70. The molecule has 0 saturated heterocycles. The Morgan fingerprint density at radius 2 is 1.86 bits per heavy atom. The highest BCUT2D eigenvalue weighted by Gasteiger charge is 2.28. The van der Waals surface area contributed by atoms with Gasteiger partial charge in [0, 0.05) is 17.6 Å². The van der Waals surface area contributed by atoms with Crippen molar-refractivity contribution in [3.8, 4) is 5.69 Å². The summed E-state index contributed by atoms with van der Waals surface area (Å²) in [6.07, 6.45) is 1.81. The normalized spacial score (nSPS) is 15.0. The molecule has 0 unspecified atom stereocenters. The number of rotatable bonds is 4. The van der Waals surface area contributed by atoms with Crippen molar-refractivity contribution in [2.24, 2.45) is 0 Å². The minimum Gasteiger partial charge on any atom is -0.598 e. The summed E-state index contributed by atoms with van der Waals surface area (Å²) >= 11 is -1.16. The molecule has 2 rings (SSSR count). The van der Waals surface area contributed by atoms with Gasteiger partial charge in [0.2, 0.25) is 0 Å². The van der Waals surface area contributed by atoms with E-state index in [0.29, 0.717) is 0 Å². The zero-order chi connectivity index (χ0) is 15.6. The Balaban J connectivity index is 2.10. The van der Waals surface area contributed by atoms with Gasteiger partial charge in [-0.1, -0.05) is 0 Å². The van der Waals surface area contributed by atoms with Crippen LogP contribution in [0.1, 0.15) is 39.4 Å². The van der Waals surface area contributed by atoms with Crippen molar-refractivity contribution >= 4 is 11.4 Å². The molecule has 2 aromatic rings. The summed E-state index contributed by atoms with van der Waals surface area (Å²) < 4.78 is 29.4. The molecule has 0 spiro atoms. The monoisotopic (exact) mass is 309 g/mol. The van der Waals surface area contributed by atoms with Crippen molar-refractivity contribution in [3.63, 3.8) is 0 Å². The standard InChI is InChI=1S/C15H20FN3OS/c1-11(18-21(20)15(2,3)4)14-9-10-19(17-14)13-7-5-12(16)6-8-13/h5-11,18H,1-4H3/t11-,21+/m0/s1. The third-order valence-electron chi connectivity index (χ3n) is 2.98. The third-order valence-corrected chi connectivity index (χ3v) is 4.66. The number of aromatic nitrogens is 2. The Morgan fingerprint density at radius 1 is 1.24 bits per heavy atom. The number of nitrogens with one attached hydrogen (secondary N) is 1. The Labute approximate surface area is 127 Å². The average molecular weight is 309 g/mol. The lowest BCUT2D eigenvalue weighted by Crippen LogP contribution is -2.40. The number of benzene rings is 1. The molecule has 1 aromatic carbocycles. The van der Waals surface area contributed by atoms with Gasteiger partial charge in [-0.3, -0.25) is 0 Å². The van der Waals surface area contributed by atoms with E-state index in [0.717, 1.165) is 11.4 Å². The summed E-state index contributed by atoms with van der Waals surface area (Å²) in [5.41, 5.74) is 1.57. The van der Waals surface area contributed by atoms with Gasteiger partial charge in [-0.25, -0.2) is 9.07 Å². The Hall–Kier alpha value is -1.37. The van der Waals surface area contributed by atoms with E-state index in [2.05, 4.69) is 9.82 Å². The molecular formula is C15H20FN3OS. The van der Waals surface area contributed by atoms with Crippen LogP contribution in [0.2, 0.25) is 0 Å². The van der Waals surface area contributed by atoms with Crippen LogP contribution in [-0.2, 0) is 11.4 Å². The van der Waals surface area contributed by atoms with Crippen LogP contribution in [0.15, 0.2) is 36.5 Å². The molecule has 1 aromatic heterocycles. The second-order valence-electron chi connectivity index (χ2n) is 5.88. The number of hydrogen-bond acceptors (Lipinski definition) is 3. The first-order chi connectivity index (χ1) is 9.77. The SMILES string of the molecule is C[C@H](N[S@+]([O-])C(C)(C)C)c1ccn(-c2ccc(F)cc2)n1. The first-order valence-electron chi connectivity index (χ1n) is 6.77. The predicted molar refractivity (Wildman–Crippen MR) is 83.0 cm³/mol. The summed E-state index contributed by atoms with van der Waals surface area (Å²) in [7, 11) is 0. The Morgan fingerprint density at radius 3 is 2.43 bits per heavy atom. The molecule has 1 N–H and O–H groups in total. The second-order valence-corrected chi connectivity index (χ2v) is 7.88. The van der Waals surface area contributed by atoms with Gasteiger partial charge in [0.1, 0.15) is 10.6 Å². The highest BCUT2D eigenvalue weighted by Crippen LogP contribution is 2.19. The molecule has 0 aliphatic heterocycles. The maximum absolute atomic E-state index is 12.9. The van der Waals surface area contributed by atoms with E-state index in [-0.39, 0.29) is 16.6 Å². The maximum Gasteiger partial charge on any atom is 0.136 e. The number of hydrogen-bond donors (Lipinski definition) is 1. The maximum atomic E-state index is 12.9. The van der Waals surface area contributed by atoms with Gasteiger partial charge in [-0.2, -0.15) is 5.10 Å². The van der Waals surface area contributed by atoms with E-state index in [9.17, 15) is 8.94 Å². The lowest BCUT2D eigenvalue weighted by atomic mass is 10.3. The minimum atomic E-state index is -1.16. The van der Waals surface area contributed by atoms with Gasteiger partial charge in [-0.15, -0.1) is 4.72 Å². The molecule has 0 fully saturated rings. The lowest BCUT2D eigenvalue weighted by Gasteiger charge is -2.25. The van der Waals surface area contributed by atoms with Gasteiger partial charge in [0.25, 0.3) is 0 Å². The van der Waals surface area contributed by atoms with Crippen molar-refractivity contribution in [2.75, 3.05) is 0 Å². The lowest BCUT2D eigenvalue weighted by molar-refractivity contribution is 0.528. The topological polar surface area (TPSA) is 52.9 Å². The molecule has 21 heavy (non-hydrogen) atoms. The fraction of sp³-hybridized carbons (Fsp3) is 0.400. The Bertz CT molecular complexity index is 592. The summed E-state index contributed by atoms with van der Waals surface area (Å²) in [4.78, 5) is 0. The summed E-state index contributed by atoms with van der Waals surface area (Å²) in [5, 5.41) is 4.44. The smallest absolute Gasteiger partial charge is 0.136 e. The van der Waals surface area contributed by atoms with E-state index in [1.807, 2.05) is 33.8 Å². The molecule has 1 heterocycles. The molecule has 114 valence electrons. The van der Waals surface area contributed by atoms with Gasteiger partial charge < -0.3 is 4.55 Å². The first-order valence-corrected chi connectivity index (χ1v) is 7.92. The molecule has 2 atom stereocenters. The van der Waals surface area contributed by atoms with E-state index in [1.165, 1.54) is 12.1 Å². The molecule has 0 aliphatic carbocycles. The van der Waals surface area contributed by atoms with Gasteiger partial charge in [0.05, 0.1) is 17.4 Å². The fourth-order valence-corrected chi connectivity index (χ4v) is 2.50. The number of nitrogens with zero attached hydrogens (tertiary/aromatic N) is 2. The van der Waals surface area contributed by atoms with E-state index >= 15 is 0 Å². The van der Waals surface area contributed by atoms with Crippen molar-refractivity contribution in [3.05, 3.63) is 48.0 Å². The first kappa shape index (κ1) is 16.0. The van der Waals surface area contributed by atoms with Crippen LogP contribution in [0.3, 0.4) is 0 Å². The van der Waals surface area contributed by atoms with Gasteiger partial charge in [0.15, 0.2) is 0 Å². The van der Waals surface area contributed by atoms with Crippen molar-refractivity contribution in [1.82, 2.24) is 14.5 Å². The molecule has 0 aliphatic rings. The molecule has 0 radical (unpaired) electrons. The van der Waals surface area contributed by atoms with Crippen molar-refractivity contribution < 1.29 is 8.94 Å². The molecule has 4 nitrogen and oxygen atoms in total. The zero-order valence-electron chi connectivity index (χ0n) is 12.6.